The Kier molecular flexibility index (Phi) is 5.02. The van der Waals surface area contributed by atoms with Crippen molar-refractivity contribution in [2.24, 2.45) is 0 Å². The average molecular weight is 273 g/mol. The van der Waals surface area contributed by atoms with Crippen molar-refractivity contribution in [3.05, 3.63) is 33.9 Å². The molecule has 0 aromatic heterocycles. The minimum Gasteiger partial charge on any atom is -0.305 e. The Morgan fingerprint density at radius 2 is 1.78 bits per heavy atom. The first-order valence-corrected chi connectivity index (χ1v) is 7.13. The summed E-state index contributed by atoms with van der Waals surface area (Å²) in [7, 11) is -3.47. The van der Waals surface area contributed by atoms with Gasteiger partial charge in [0.25, 0.3) is 5.69 Å². The second-order valence-corrected chi connectivity index (χ2v) is 5.64. The van der Waals surface area contributed by atoms with Crippen molar-refractivity contribution in [3.63, 3.8) is 0 Å². The van der Waals surface area contributed by atoms with Crippen molar-refractivity contribution >= 4 is 18.6 Å². The monoisotopic (exact) mass is 273 g/mol. The fraction of sp³-hybridized carbons (Fsp3) is 0.455. The molecule has 0 N–H and O–H groups in total. The van der Waals surface area contributed by atoms with Crippen LogP contribution in [0.4, 0.5) is 5.69 Å². The molecule has 6 nitrogen and oxygen atoms in total. The Morgan fingerprint density at radius 1 is 1.22 bits per heavy atom. The van der Waals surface area contributed by atoms with Gasteiger partial charge in [-0.25, -0.2) is 0 Å². The zero-order chi connectivity index (χ0) is 13.8. The maximum atomic E-state index is 12.5. The number of hydrogen-bond acceptors (Lipinski definition) is 5. The van der Waals surface area contributed by atoms with Crippen molar-refractivity contribution in [2.45, 2.75) is 20.8 Å². The molecule has 0 amide bonds. The number of nitrogens with zero attached hydrogens (tertiary/aromatic N) is 1. The number of rotatable bonds is 6. The minimum atomic E-state index is -3.47. The number of benzene rings is 1. The van der Waals surface area contributed by atoms with Crippen LogP contribution in [0.3, 0.4) is 0 Å². The summed E-state index contributed by atoms with van der Waals surface area (Å²) >= 11 is 0. The molecule has 1 rings (SSSR count). The first-order chi connectivity index (χ1) is 8.42. The van der Waals surface area contributed by atoms with Gasteiger partial charge in [-0.1, -0.05) is 0 Å². The largest absolute Gasteiger partial charge is 0.361 e. The average Bonchev–Trinajstić information content (AvgIpc) is 2.28. The van der Waals surface area contributed by atoms with Gasteiger partial charge in [0.1, 0.15) is 0 Å². The Morgan fingerprint density at radius 3 is 2.22 bits per heavy atom. The molecule has 0 aliphatic rings. The van der Waals surface area contributed by atoms with Gasteiger partial charge in [0.15, 0.2) is 0 Å². The second-order valence-electron chi connectivity index (χ2n) is 3.62. The van der Waals surface area contributed by atoms with Crippen LogP contribution in [0, 0.1) is 17.0 Å². The normalized spacial score (nSPS) is 11.5. The van der Waals surface area contributed by atoms with E-state index in [0.29, 0.717) is 5.56 Å². The lowest BCUT2D eigenvalue weighted by molar-refractivity contribution is -0.384. The Hall–Kier alpha value is -1.23. The van der Waals surface area contributed by atoms with E-state index in [2.05, 4.69) is 0 Å². The van der Waals surface area contributed by atoms with Gasteiger partial charge in [-0.3, -0.25) is 14.7 Å². The minimum absolute atomic E-state index is 0.121. The molecule has 0 bridgehead atoms. The third-order valence-corrected chi connectivity index (χ3v) is 4.26. The van der Waals surface area contributed by atoms with Crippen LogP contribution in [0.5, 0.6) is 0 Å². The molecule has 1 aromatic carbocycles. The van der Waals surface area contributed by atoms with Crippen LogP contribution in [-0.2, 0) is 13.6 Å². The van der Waals surface area contributed by atoms with E-state index in [1.807, 2.05) is 0 Å². The second kappa shape index (κ2) is 6.09. The maximum absolute atomic E-state index is 12.5. The number of aryl methyl sites for hydroxylation is 1. The standard InChI is InChI=1S/C11H16NO5P/c1-4-16-18(15,17-5-2)11-7-9(3)6-10(8-11)12(13)14/h6-8H,4-5H2,1-3H3. The van der Waals surface area contributed by atoms with E-state index in [0.717, 1.165) is 0 Å². The van der Waals surface area contributed by atoms with E-state index in [1.54, 1.807) is 26.8 Å². The van der Waals surface area contributed by atoms with Crippen molar-refractivity contribution in [1.29, 1.82) is 0 Å². The highest BCUT2D eigenvalue weighted by Crippen LogP contribution is 2.47. The highest BCUT2D eigenvalue weighted by Gasteiger charge is 2.28. The number of hydrogen-bond donors (Lipinski definition) is 0. The van der Waals surface area contributed by atoms with Gasteiger partial charge in [-0.2, -0.15) is 0 Å². The maximum Gasteiger partial charge on any atom is 0.361 e. The van der Waals surface area contributed by atoms with E-state index >= 15 is 0 Å². The Balaban J connectivity index is 3.28. The highest BCUT2D eigenvalue weighted by atomic mass is 31.2. The fourth-order valence-electron chi connectivity index (χ4n) is 1.53. The molecule has 0 radical (unpaired) electrons. The van der Waals surface area contributed by atoms with E-state index in [4.69, 9.17) is 9.05 Å². The van der Waals surface area contributed by atoms with Crippen molar-refractivity contribution in [1.82, 2.24) is 0 Å². The Labute approximate surface area is 106 Å². The molecule has 100 valence electrons. The highest BCUT2D eigenvalue weighted by molar-refractivity contribution is 7.62. The molecule has 0 fully saturated rings. The van der Waals surface area contributed by atoms with Crippen LogP contribution < -0.4 is 5.30 Å². The van der Waals surface area contributed by atoms with Crippen LogP contribution in [-0.4, -0.2) is 18.1 Å². The summed E-state index contributed by atoms with van der Waals surface area (Å²) in [6, 6.07) is 4.23. The van der Waals surface area contributed by atoms with E-state index < -0.39 is 12.5 Å². The van der Waals surface area contributed by atoms with Crippen molar-refractivity contribution in [2.75, 3.05) is 13.2 Å². The molecule has 0 unspecified atom stereocenters. The van der Waals surface area contributed by atoms with Crippen LogP contribution in [0.15, 0.2) is 18.2 Å². The lowest BCUT2D eigenvalue weighted by Crippen LogP contribution is -2.12. The summed E-state index contributed by atoms with van der Waals surface area (Å²) in [5.41, 5.74) is 0.517. The smallest absolute Gasteiger partial charge is 0.305 e. The molecule has 1 aromatic rings. The molecule has 0 aliphatic carbocycles. The van der Waals surface area contributed by atoms with Gasteiger partial charge < -0.3 is 9.05 Å². The zero-order valence-corrected chi connectivity index (χ0v) is 11.5. The third-order valence-electron chi connectivity index (χ3n) is 2.17. The lowest BCUT2D eigenvalue weighted by Gasteiger charge is -2.17. The fourth-order valence-corrected chi connectivity index (χ4v) is 3.24. The summed E-state index contributed by atoms with van der Waals surface area (Å²) in [6.45, 7) is 5.49. The molecule has 0 atom stereocenters. The predicted octanol–water partition coefficient (Wildman–Crippen LogP) is 2.79. The topological polar surface area (TPSA) is 78.7 Å². The van der Waals surface area contributed by atoms with Crippen LogP contribution in [0.25, 0.3) is 0 Å². The molecule has 0 aliphatic heterocycles. The van der Waals surface area contributed by atoms with Crippen LogP contribution >= 0.6 is 7.60 Å². The van der Waals surface area contributed by atoms with Gasteiger partial charge in [-0.05, 0) is 32.4 Å². The summed E-state index contributed by atoms with van der Waals surface area (Å²) in [5, 5.41) is 11.0. The van der Waals surface area contributed by atoms with E-state index in [1.165, 1.54) is 12.1 Å². The summed E-state index contributed by atoms with van der Waals surface area (Å²) in [4.78, 5) is 10.3. The number of nitro groups is 1. The van der Waals surface area contributed by atoms with Gasteiger partial charge in [0.2, 0.25) is 0 Å². The third kappa shape index (κ3) is 3.38. The molecular weight excluding hydrogens is 257 g/mol. The molecule has 0 saturated carbocycles. The molecule has 18 heavy (non-hydrogen) atoms. The quantitative estimate of drug-likeness (QED) is 0.452. The molecule has 0 spiro atoms. The van der Waals surface area contributed by atoms with Crippen LogP contribution in [0.2, 0.25) is 0 Å². The van der Waals surface area contributed by atoms with Gasteiger partial charge in [0.05, 0.1) is 23.4 Å². The van der Waals surface area contributed by atoms with E-state index in [9.17, 15) is 14.7 Å². The summed E-state index contributed by atoms with van der Waals surface area (Å²) < 4.78 is 22.8. The van der Waals surface area contributed by atoms with Crippen LogP contribution in [0.1, 0.15) is 19.4 Å². The van der Waals surface area contributed by atoms with E-state index in [-0.39, 0.29) is 24.2 Å². The van der Waals surface area contributed by atoms with Crippen molar-refractivity contribution < 1.29 is 18.5 Å². The first kappa shape index (κ1) is 14.8. The van der Waals surface area contributed by atoms with Gasteiger partial charge in [0, 0.05) is 12.1 Å². The summed E-state index contributed by atoms with van der Waals surface area (Å²) in [6.07, 6.45) is 0. The predicted molar refractivity (Wildman–Crippen MR) is 68.3 cm³/mol. The molecule has 0 heterocycles. The molecule has 7 heteroatoms. The van der Waals surface area contributed by atoms with Crippen molar-refractivity contribution in [3.8, 4) is 0 Å². The Bertz CT molecular complexity index is 478. The first-order valence-electron chi connectivity index (χ1n) is 5.58. The molecule has 0 saturated heterocycles. The number of non-ortho nitro benzene ring substituents is 1. The number of nitro benzene ring substituents is 1. The summed E-state index contributed by atoms with van der Waals surface area (Å²) in [5.74, 6) is 0. The van der Waals surface area contributed by atoms with Gasteiger partial charge >= 0.3 is 7.60 Å². The van der Waals surface area contributed by atoms with Gasteiger partial charge in [-0.15, -0.1) is 0 Å². The lowest BCUT2D eigenvalue weighted by atomic mass is 10.2. The zero-order valence-electron chi connectivity index (χ0n) is 10.6. The SMILES string of the molecule is CCOP(=O)(OCC)c1cc(C)cc([N+](=O)[O-])c1. The molecular formula is C11H16NO5P.